The molecule has 0 bridgehead atoms. The lowest BCUT2D eigenvalue weighted by atomic mass is 10.5. The maximum Gasteiger partial charge on any atom is 0.0332 e. The van der Waals surface area contributed by atoms with Gasteiger partial charge in [0.15, 0.2) is 0 Å². The zero-order valence-electron chi connectivity index (χ0n) is 5.62. The van der Waals surface area contributed by atoms with Crippen LogP contribution in [0.2, 0.25) is 0 Å². The SMILES string of the molecule is C.C.C1SCC1SSC1CSC1. The van der Waals surface area contributed by atoms with Crippen molar-refractivity contribution in [2.45, 2.75) is 25.4 Å². The molecule has 0 aliphatic carbocycles. The van der Waals surface area contributed by atoms with Gasteiger partial charge in [-0.15, -0.1) is 0 Å². The van der Waals surface area contributed by atoms with Gasteiger partial charge in [-0.3, -0.25) is 0 Å². The minimum atomic E-state index is 0. The van der Waals surface area contributed by atoms with Crippen LogP contribution in [-0.2, 0) is 0 Å². The maximum atomic E-state index is 2.13. The van der Waals surface area contributed by atoms with Crippen molar-refractivity contribution in [2.75, 3.05) is 23.0 Å². The van der Waals surface area contributed by atoms with Crippen molar-refractivity contribution in [2.24, 2.45) is 0 Å². The molecule has 2 saturated heterocycles. The summed E-state index contributed by atoms with van der Waals surface area (Å²) >= 11 is 4.17. The van der Waals surface area contributed by atoms with Crippen molar-refractivity contribution >= 4 is 45.1 Å². The molecule has 74 valence electrons. The largest absolute Gasteiger partial charge is 0.160 e. The third-order valence-electron chi connectivity index (χ3n) is 1.54. The van der Waals surface area contributed by atoms with Gasteiger partial charge in [0.05, 0.1) is 0 Å². The molecule has 0 amide bonds. The first-order chi connectivity index (χ1) is 4.95. The van der Waals surface area contributed by atoms with E-state index in [9.17, 15) is 0 Å². The fourth-order valence-electron chi connectivity index (χ4n) is 0.696. The smallest absolute Gasteiger partial charge is 0.0332 e. The van der Waals surface area contributed by atoms with Crippen LogP contribution in [0, 0.1) is 0 Å². The van der Waals surface area contributed by atoms with Gasteiger partial charge in [-0.05, 0) is 0 Å². The van der Waals surface area contributed by atoms with Crippen LogP contribution in [-0.4, -0.2) is 33.5 Å². The van der Waals surface area contributed by atoms with Gasteiger partial charge in [-0.25, -0.2) is 0 Å². The molecule has 0 aromatic carbocycles. The molecule has 2 heterocycles. The van der Waals surface area contributed by atoms with E-state index >= 15 is 0 Å². The Labute approximate surface area is 93.2 Å². The zero-order valence-corrected chi connectivity index (χ0v) is 8.88. The van der Waals surface area contributed by atoms with Crippen LogP contribution in [0.25, 0.3) is 0 Å². The predicted octanol–water partition coefficient (Wildman–Crippen LogP) is 3.87. The van der Waals surface area contributed by atoms with E-state index in [2.05, 4.69) is 45.1 Å². The van der Waals surface area contributed by atoms with Crippen LogP contribution in [0.15, 0.2) is 0 Å². The number of hydrogen-bond acceptors (Lipinski definition) is 4. The minimum Gasteiger partial charge on any atom is -0.160 e. The third-order valence-corrected chi connectivity index (χ3v) is 8.23. The highest BCUT2D eigenvalue weighted by molar-refractivity contribution is 8.77. The number of rotatable bonds is 3. The van der Waals surface area contributed by atoms with Crippen LogP contribution in [0.5, 0.6) is 0 Å². The molecule has 0 spiro atoms. The number of thioether (sulfide) groups is 2. The van der Waals surface area contributed by atoms with Gasteiger partial charge in [0.2, 0.25) is 0 Å². The van der Waals surface area contributed by atoms with E-state index in [4.69, 9.17) is 0 Å². The minimum absolute atomic E-state index is 0. The Bertz CT molecular complexity index is 95.6. The molecule has 2 fully saturated rings. The van der Waals surface area contributed by atoms with Crippen molar-refractivity contribution in [3.8, 4) is 0 Å². The summed E-state index contributed by atoms with van der Waals surface area (Å²) in [6.07, 6.45) is 0. The Morgan fingerprint density at radius 1 is 0.750 bits per heavy atom. The second-order valence-electron chi connectivity index (χ2n) is 2.51. The van der Waals surface area contributed by atoms with Crippen molar-refractivity contribution < 1.29 is 0 Å². The predicted molar refractivity (Wildman–Crippen MR) is 70.9 cm³/mol. The lowest BCUT2D eigenvalue weighted by Crippen LogP contribution is -2.23. The van der Waals surface area contributed by atoms with Gasteiger partial charge in [0.1, 0.15) is 0 Å². The summed E-state index contributed by atoms with van der Waals surface area (Å²) in [5.74, 6) is 5.60. The van der Waals surface area contributed by atoms with Gasteiger partial charge >= 0.3 is 0 Å². The molecule has 0 N–H and O–H groups in total. The summed E-state index contributed by atoms with van der Waals surface area (Å²) in [6.45, 7) is 0. The highest BCUT2D eigenvalue weighted by Gasteiger charge is 2.24. The third kappa shape index (κ3) is 3.64. The fourth-order valence-corrected chi connectivity index (χ4v) is 6.85. The Morgan fingerprint density at radius 2 is 1.08 bits per heavy atom. The standard InChI is InChI=1S/C6H10S4.2CH4/c1-5(2-7-1)9-10-6-3-8-4-6;;/h5-6H,1-4H2;2*1H4. The molecule has 0 atom stereocenters. The quantitative estimate of drug-likeness (QED) is 0.689. The molecule has 0 radical (unpaired) electrons. The molecule has 0 saturated carbocycles. The lowest BCUT2D eigenvalue weighted by Gasteiger charge is -2.28. The molecular formula is C8H18S4. The summed E-state index contributed by atoms with van der Waals surface area (Å²) in [7, 11) is 4.26. The van der Waals surface area contributed by atoms with Gasteiger partial charge < -0.3 is 0 Å². The first-order valence-electron chi connectivity index (χ1n) is 3.43. The van der Waals surface area contributed by atoms with E-state index in [1.807, 2.05) is 0 Å². The molecule has 4 heteroatoms. The Hall–Kier alpha value is 1.40. The molecule has 0 aromatic heterocycles. The van der Waals surface area contributed by atoms with Crippen molar-refractivity contribution in [1.29, 1.82) is 0 Å². The van der Waals surface area contributed by atoms with E-state index in [0.717, 1.165) is 10.5 Å². The van der Waals surface area contributed by atoms with Gasteiger partial charge in [-0.2, -0.15) is 23.5 Å². The maximum absolute atomic E-state index is 2.13. The average molecular weight is 242 g/mol. The molecule has 12 heavy (non-hydrogen) atoms. The van der Waals surface area contributed by atoms with Gasteiger partial charge in [0.25, 0.3) is 0 Å². The zero-order chi connectivity index (χ0) is 6.81. The van der Waals surface area contributed by atoms with Crippen LogP contribution >= 0.6 is 45.1 Å². The molecule has 2 rings (SSSR count). The van der Waals surface area contributed by atoms with Crippen LogP contribution in [0.3, 0.4) is 0 Å². The van der Waals surface area contributed by atoms with Gasteiger partial charge in [0, 0.05) is 33.5 Å². The topological polar surface area (TPSA) is 0 Å². The molecule has 0 nitrogen and oxygen atoms in total. The van der Waals surface area contributed by atoms with Crippen molar-refractivity contribution in [3.63, 3.8) is 0 Å². The Kier molecular flexibility index (Phi) is 7.59. The lowest BCUT2D eigenvalue weighted by molar-refractivity contribution is 1.08. The van der Waals surface area contributed by atoms with E-state index in [-0.39, 0.29) is 14.9 Å². The second-order valence-corrected chi connectivity index (χ2v) is 7.53. The highest BCUT2D eigenvalue weighted by Crippen LogP contribution is 2.43. The van der Waals surface area contributed by atoms with Crippen molar-refractivity contribution in [3.05, 3.63) is 0 Å². The molecule has 0 unspecified atom stereocenters. The average Bonchev–Trinajstić information content (AvgIpc) is 1.70. The molecule has 2 aliphatic rings. The summed E-state index contributed by atoms with van der Waals surface area (Å²) in [5, 5.41) is 1.97. The fraction of sp³-hybridized carbons (Fsp3) is 1.00. The summed E-state index contributed by atoms with van der Waals surface area (Å²) in [6, 6.07) is 0. The van der Waals surface area contributed by atoms with E-state index in [1.165, 1.54) is 23.0 Å². The molecular weight excluding hydrogens is 224 g/mol. The van der Waals surface area contributed by atoms with Crippen LogP contribution in [0.1, 0.15) is 14.9 Å². The molecule has 2 aliphatic heterocycles. The molecule has 0 aromatic rings. The normalized spacial score (nSPS) is 23.0. The summed E-state index contributed by atoms with van der Waals surface area (Å²) in [5.41, 5.74) is 0. The van der Waals surface area contributed by atoms with Crippen LogP contribution < -0.4 is 0 Å². The first-order valence-corrected chi connectivity index (χ1v) is 8.01. The summed E-state index contributed by atoms with van der Waals surface area (Å²) in [4.78, 5) is 0. The van der Waals surface area contributed by atoms with Crippen LogP contribution in [0.4, 0.5) is 0 Å². The van der Waals surface area contributed by atoms with E-state index < -0.39 is 0 Å². The van der Waals surface area contributed by atoms with Gasteiger partial charge in [-0.1, -0.05) is 36.4 Å². The van der Waals surface area contributed by atoms with E-state index in [0.29, 0.717) is 0 Å². The van der Waals surface area contributed by atoms with Crippen molar-refractivity contribution in [1.82, 2.24) is 0 Å². The monoisotopic (exact) mass is 242 g/mol. The summed E-state index contributed by atoms with van der Waals surface area (Å²) < 4.78 is 0. The second kappa shape index (κ2) is 6.80. The Balaban J connectivity index is 0.000000605. The van der Waals surface area contributed by atoms with E-state index in [1.54, 1.807) is 0 Å². The Morgan fingerprint density at radius 3 is 1.25 bits per heavy atom. The first kappa shape index (κ1) is 13.4. The highest BCUT2D eigenvalue weighted by atomic mass is 33.1. The number of hydrogen-bond donors (Lipinski definition) is 0.